The summed E-state index contributed by atoms with van der Waals surface area (Å²) in [5, 5.41) is 5.95. The number of nitrogens with zero attached hydrogens (tertiary/aromatic N) is 1. The highest BCUT2D eigenvalue weighted by Crippen LogP contribution is 2.27. The van der Waals surface area contributed by atoms with Crippen molar-refractivity contribution in [2.24, 2.45) is 0 Å². The fraction of sp³-hybridized carbons (Fsp3) is 0.364. The summed E-state index contributed by atoms with van der Waals surface area (Å²) >= 11 is 0. The maximum Gasteiger partial charge on any atom is 0.239 e. The van der Waals surface area contributed by atoms with E-state index in [1.54, 1.807) is 7.05 Å². The van der Waals surface area contributed by atoms with Gasteiger partial charge < -0.3 is 15.5 Å². The number of hydrogen-bond donors (Lipinski definition) is 2. The Labute approximate surface area is 89.3 Å². The average molecular weight is 205 g/mol. The summed E-state index contributed by atoms with van der Waals surface area (Å²) in [5.74, 6) is 0.0479. The Morgan fingerprint density at radius 2 is 2.33 bits per heavy atom. The number of carbonyl (C=O) groups excluding carboxylic acids is 1. The molecule has 0 radical (unpaired) electrons. The molecule has 1 heterocycles. The van der Waals surface area contributed by atoms with E-state index in [9.17, 15) is 4.79 Å². The van der Waals surface area contributed by atoms with E-state index in [-0.39, 0.29) is 5.91 Å². The number of benzene rings is 1. The Morgan fingerprint density at radius 1 is 1.53 bits per heavy atom. The molecule has 80 valence electrons. The Hall–Kier alpha value is -1.71. The number of nitrogens with one attached hydrogen (secondary N) is 2. The first kappa shape index (κ1) is 9.83. The highest BCUT2D eigenvalue weighted by molar-refractivity contribution is 5.83. The van der Waals surface area contributed by atoms with Crippen molar-refractivity contribution < 1.29 is 4.79 Å². The molecular formula is C11H15N3O. The molecule has 0 spiro atoms. The molecule has 2 rings (SSSR count). The number of fused-ring (bicyclic) bond motifs is 1. The first-order chi connectivity index (χ1) is 7.31. The molecule has 1 aromatic rings. The summed E-state index contributed by atoms with van der Waals surface area (Å²) < 4.78 is 0. The lowest BCUT2D eigenvalue weighted by molar-refractivity contribution is -0.119. The van der Waals surface area contributed by atoms with E-state index in [0.29, 0.717) is 6.54 Å². The largest absolute Gasteiger partial charge is 0.382 e. The smallest absolute Gasteiger partial charge is 0.239 e. The van der Waals surface area contributed by atoms with Crippen molar-refractivity contribution in [3.8, 4) is 0 Å². The summed E-state index contributed by atoms with van der Waals surface area (Å²) in [6, 6.07) is 8.05. The summed E-state index contributed by atoms with van der Waals surface area (Å²) in [6.45, 7) is 2.17. The molecule has 1 amide bonds. The predicted octanol–water partition coefficient (Wildman–Crippen LogP) is 0.664. The van der Waals surface area contributed by atoms with Crippen molar-refractivity contribution >= 4 is 17.3 Å². The first-order valence-electron chi connectivity index (χ1n) is 5.09. The van der Waals surface area contributed by atoms with E-state index in [0.717, 1.165) is 24.5 Å². The first-order valence-corrected chi connectivity index (χ1v) is 5.09. The second-order valence-corrected chi connectivity index (χ2v) is 3.54. The van der Waals surface area contributed by atoms with E-state index in [4.69, 9.17) is 0 Å². The van der Waals surface area contributed by atoms with Crippen LogP contribution in [0.5, 0.6) is 0 Å². The van der Waals surface area contributed by atoms with Crippen LogP contribution >= 0.6 is 0 Å². The molecule has 4 nitrogen and oxygen atoms in total. The quantitative estimate of drug-likeness (QED) is 0.745. The Balaban J connectivity index is 2.18. The van der Waals surface area contributed by atoms with Crippen LogP contribution in [-0.4, -0.2) is 32.6 Å². The normalized spacial score (nSPS) is 14.1. The van der Waals surface area contributed by atoms with Gasteiger partial charge in [-0.2, -0.15) is 0 Å². The van der Waals surface area contributed by atoms with Crippen LogP contribution in [0.4, 0.5) is 11.4 Å². The molecule has 0 saturated carbocycles. The minimum atomic E-state index is 0.0479. The van der Waals surface area contributed by atoms with Gasteiger partial charge in [-0.25, -0.2) is 0 Å². The van der Waals surface area contributed by atoms with E-state index in [1.807, 2.05) is 24.3 Å². The summed E-state index contributed by atoms with van der Waals surface area (Å²) in [4.78, 5) is 13.4. The number of hydrogen-bond acceptors (Lipinski definition) is 3. The van der Waals surface area contributed by atoms with E-state index in [2.05, 4.69) is 15.5 Å². The summed E-state index contributed by atoms with van der Waals surface area (Å²) in [5.41, 5.74) is 2.21. The Bertz CT molecular complexity index is 365. The van der Waals surface area contributed by atoms with Crippen molar-refractivity contribution in [3.05, 3.63) is 24.3 Å². The Morgan fingerprint density at radius 3 is 3.13 bits per heavy atom. The summed E-state index contributed by atoms with van der Waals surface area (Å²) in [6.07, 6.45) is 0. The summed E-state index contributed by atoms with van der Waals surface area (Å²) in [7, 11) is 1.66. The van der Waals surface area contributed by atoms with E-state index < -0.39 is 0 Å². The number of carbonyl (C=O) groups is 1. The molecular weight excluding hydrogens is 190 g/mol. The fourth-order valence-electron chi connectivity index (χ4n) is 1.76. The molecule has 1 aromatic carbocycles. The molecule has 0 unspecified atom stereocenters. The highest BCUT2D eigenvalue weighted by Gasteiger charge is 2.17. The molecule has 0 aliphatic carbocycles. The van der Waals surface area contributed by atoms with Gasteiger partial charge in [-0.15, -0.1) is 0 Å². The van der Waals surface area contributed by atoms with Crippen LogP contribution in [0.15, 0.2) is 24.3 Å². The highest BCUT2D eigenvalue weighted by atomic mass is 16.1. The molecule has 0 aromatic heterocycles. The van der Waals surface area contributed by atoms with Crippen molar-refractivity contribution in [2.75, 3.05) is 36.9 Å². The van der Waals surface area contributed by atoms with Crippen molar-refractivity contribution in [2.45, 2.75) is 0 Å². The van der Waals surface area contributed by atoms with Crippen molar-refractivity contribution in [3.63, 3.8) is 0 Å². The molecule has 15 heavy (non-hydrogen) atoms. The van der Waals surface area contributed by atoms with Gasteiger partial charge in [0.15, 0.2) is 0 Å². The van der Waals surface area contributed by atoms with Crippen molar-refractivity contribution in [1.82, 2.24) is 5.32 Å². The topological polar surface area (TPSA) is 44.4 Å². The molecule has 1 aliphatic heterocycles. The average Bonchev–Trinajstić information content (AvgIpc) is 2.29. The lowest BCUT2D eigenvalue weighted by atomic mass is 10.2. The van der Waals surface area contributed by atoms with E-state index in [1.165, 1.54) is 0 Å². The lowest BCUT2D eigenvalue weighted by Gasteiger charge is -2.31. The maximum absolute atomic E-state index is 11.3. The van der Waals surface area contributed by atoms with Crippen LogP contribution < -0.4 is 15.5 Å². The van der Waals surface area contributed by atoms with Gasteiger partial charge in [0.1, 0.15) is 0 Å². The minimum Gasteiger partial charge on any atom is -0.382 e. The monoisotopic (exact) mass is 205 g/mol. The zero-order valence-corrected chi connectivity index (χ0v) is 8.79. The van der Waals surface area contributed by atoms with Crippen LogP contribution in [0, 0.1) is 0 Å². The molecule has 1 aliphatic rings. The van der Waals surface area contributed by atoms with Gasteiger partial charge in [-0.3, -0.25) is 4.79 Å². The second kappa shape index (κ2) is 4.21. The molecule has 0 bridgehead atoms. The maximum atomic E-state index is 11.3. The van der Waals surface area contributed by atoms with Crippen LogP contribution in [0.3, 0.4) is 0 Å². The third-order valence-corrected chi connectivity index (χ3v) is 2.56. The third kappa shape index (κ3) is 2.03. The van der Waals surface area contributed by atoms with Crippen LogP contribution in [0.2, 0.25) is 0 Å². The number of rotatable bonds is 2. The van der Waals surface area contributed by atoms with Gasteiger partial charge in [-0.1, -0.05) is 12.1 Å². The lowest BCUT2D eigenvalue weighted by Crippen LogP contribution is -2.40. The zero-order valence-electron chi connectivity index (χ0n) is 8.79. The van der Waals surface area contributed by atoms with Gasteiger partial charge in [0.05, 0.1) is 17.9 Å². The van der Waals surface area contributed by atoms with Crippen molar-refractivity contribution in [1.29, 1.82) is 0 Å². The van der Waals surface area contributed by atoms with Gasteiger partial charge >= 0.3 is 0 Å². The molecule has 0 fully saturated rings. The van der Waals surface area contributed by atoms with E-state index >= 15 is 0 Å². The van der Waals surface area contributed by atoms with Crippen LogP contribution in [0.25, 0.3) is 0 Å². The molecule has 4 heteroatoms. The number of para-hydroxylation sites is 2. The predicted molar refractivity (Wildman–Crippen MR) is 61.2 cm³/mol. The third-order valence-electron chi connectivity index (χ3n) is 2.56. The van der Waals surface area contributed by atoms with Gasteiger partial charge in [-0.05, 0) is 12.1 Å². The van der Waals surface area contributed by atoms with Gasteiger partial charge in [0.25, 0.3) is 0 Å². The molecule has 0 atom stereocenters. The fourth-order valence-corrected chi connectivity index (χ4v) is 1.76. The molecule has 2 N–H and O–H groups in total. The minimum absolute atomic E-state index is 0.0479. The second-order valence-electron chi connectivity index (χ2n) is 3.54. The standard InChI is InChI=1S/C11H15N3O/c1-12-11(15)8-14-7-6-13-9-4-2-3-5-10(9)14/h2-5,13H,6-8H2,1H3,(H,12,15). The van der Waals surface area contributed by atoms with Crippen LogP contribution in [0.1, 0.15) is 0 Å². The number of anilines is 2. The van der Waals surface area contributed by atoms with Gasteiger partial charge in [0.2, 0.25) is 5.91 Å². The van der Waals surface area contributed by atoms with Crippen LogP contribution in [-0.2, 0) is 4.79 Å². The zero-order chi connectivity index (χ0) is 10.7. The SMILES string of the molecule is CNC(=O)CN1CCNc2ccccc21. The number of amides is 1. The Kier molecular flexibility index (Phi) is 2.76. The number of likely N-dealkylation sites (N-methyl/N-ethyl adjacent to an activating group) is 1. The van der Waals surface area contributed by atoms with Gasteiger partial charge in [0, 0.05) is 20.1 Å². The molecule has 0 saturated heterocycles.